The summed E-state index contributed by atoms with van der Waals surface area (Å²) in [5, 5.41) is 16.9. The molecule has 2 atom stereocenters. The number of aromatic nitrogens is 2. The first-order valence-corrected chi connectivity index (χ1v) is 6.59. The lowest BCUT2D eigenvalue weighted by Crippen LogP contribution is -2.42. The van der Waals surface area contributed by atoms with Crippen LogP contribution in [0, 0.1) is 0 Å². The van der Waals surface area contributed by atoms with Gasteiger partial charge in [0.2, 0.25) is 0 Å². The van der Waals surface area contributed by atoms with E-state index in [2.05, 4.69) is 10.4 Å². The third kappa shape index (κ3) is 3.45. The number of carbonyl (C=O) groups excluding carboxylic acids is 1. The van der Waals surface area contributed by atoms with Crippen LogP contribution in [0.2, 0.25) is 0 Å². The maximum atomic E-state index is 12.0. The van der Waals surface area contributed by atoms with Gasteiger partial charge in [-0.25, -0.2) is 0 Å². The lowest BCUT2D eigenvalue weighted by molar-refractivity contribution is 0.0843. The normalized spacial score (nSPS) is 13.8. The molecular weight excluding hydrogens is 254 g/mol. The molecule has 106 valence electrons. The van der Waals surface area contributed by atoms with E-state index in [9.17, 15) is 9.90 Å². The summed E-state index contributed by atoms with van der Waals surface area (Å²) in [7, 11) is 1.71. The standard InChI is InChI=1S/C15H19N3O2/c1-11(14(19)10-12-6-4-3-5-7-12)17-15(20)13-8-9-16-18(13)2/h3-9,11,14,19H,10H2,1-2H3,(H,17,20). The van der Waals surface area contributed by atoms with Gasteiger partial charge in [0, 0.05) is 19.7 Å². The van der Waals surface area contributed by atoms with Crippen LogP contribution in [0.1, 0.15) is 23.0 Å². The van der Waals surface area contributed by atoms with Gasteiger partial charge in [-0.2, -0.15) is 5.10 Å². The van der Waals surface area contributed by atoms with Gasteiger partial charge < -0.3 is 10.4 Å². The molecule has 0 spiro atoms. The molecule has 0 radical (unpaired) electrons. The molecule has 0 saturated heterocycles. The maximum Gasteiger partial charge on any atom is 0.269 e. The number of aryl methyl sites for hydroxylation is 1. The lowest BCUT2D eigenvalue weighted by Gasteiger charge is -2.20. The van der Waals surface area contributed by atoms with Crippen molar-refractivity contribution in [3.05, 3.63) is 53.9 Å². The molecule has 20 heavy (non-hydrogen) atoms. The van der Waals surface area contributed by atoms with Crippen LogP contribution < -0.4 is 5.32 Å². The molecule has 5 nitrogen and oxygen atoms in total. The molecule has 2 rings (SSSR count). The number of rotatable bonds is 5. The highest BCUT2D eigenvalue weighted by Gasteiger charge is 2.19. The SMILES string of the molecule is CC(NC(=O)c1ccnn1C)C(O)Cc1ccccc1. The summed E-state index contributed by atoms with van der Waals surface area (Å²) < 4.78 is 1.51. The van der Waals surface area contributed by atoms with E-state index >= 15 is 0 Å². The monoisotopic (exact) mass is 273 g/mol. The molecule has 0 aliphatic carbocycles. The minimum Gasteiger partial charge on any atom is -0.391 e. The van der Waals surface area contributed by atoms with E-state index in [1.54, 1.807) is 26.2 Å². The highest BCUT2D eigenvalue weighted by Crippen LogP contribution is 2.07. The van der Waals surface area contributed by atoms with Crippen LogP contribution in [-0.2, 0) is 13.5 Å². The van der Waals surface area contributed by atoms with Crippen LogP contribution in [0.25, 0.3) is 0 Å². The molecule has 2 unspecified atom stereocenters. The van der Waals surface area contributed by atoms with Gasteiger partial charge in [0.05, 0.1) is 12.1 Å². The average Bonchev–Trinajstić information content (AvgIpc) is 2.86. The summed E-state index contributed by atoms with van der Waals surface area (Å²) in [6, 6.07) is 11.0. The second-order valence-corrected chi connectivity index (χ2v) is 4.86. The zero-order chi connectivity index (χ0) is 14.5. The van der Waals surface area contributed by atoms with E-state index in [1.807, 2.05) is 30.3 Å². The van der Waals surface area contributed by atoms with Gasteiger partial charge in [-0.15, -0.1) is 0 Å². The molecule has 0 aliphatic rings. The molecule has 1 aromatic heterocycles. The van der Waals surface area contributed by atoms with Crippen molar-refractivity contribution in [2.24, 2.45) is 7.05 Å². The van der Waals surface area contributed by atoms with Crippen LogP contribution in [0.4, 0.5) is 0 Å². The quantitative estimate of drug-likeness (QED) is 0.858. The van der Waals surface area contributed by atoms with Gasteiger partial charge in [-0.05, 0) is 18.6 Å². The second kappa shape index (κ2) is 6.34. The van der Waals surface area contributed by atoms with Gasteiger partial charge in [0.15, 0.2) is 0 Å². The fourth-order valence-corrected chi connectivity index (χ4v) is 2.01. The molecule has 1 heterocycles. The Morgan fingerprint density at radius 3 is 2.65 bits per heavy atom. The Hall–Kier alpha value is -2.14. The number of amides is 1. The van der Waals surface area contributed by atoms with Gasteiger partial charge >= 0.3 is 0 Å². The molecule has 0 fully saturated rings. The molecule has 2 N–H and O–H groups in total. The molecule has 1 aromatic carbocycles. The highest BCUT2D eigenvalue weighted by atomic mass is 16.3. The average molecular weight is 273 g/mol. The van der Waals surface area contributed by atoms with E-state index in [0.717, 1.165) is 5.56 Å². The van der Waals surface area contributed by atoms with E-state index in [1.165, 1.54) is 4.68 Å². The molecule has 0 bridgehead atoms. The van der Waals surface area contributed by atoms with Gasteiger partial charge in [-0.1, -0.05) is 30.3 Å². The number of nitrogens with zero attached hydrogens (tertiary/aromatic N) is 2. The fraction of sp³-hybridized carbons (Fsp3) is 0.333. The summed E-state index contributed by atoms with van der Waals surface area (Å²) in [5.74, 6) is -0.232. The molecule has 0 saturated carbocycles. The van der Waals surface area contributed by atoms with Crippen molar-refractivity contribution in [3.8, 4) is 0 Å². The van der Waals surface area contributed by atoms with Crippen LogP contribution >= 0.6 is 0 Å². The van der Waals surface area contributed by atoms with E-state index in [-0.39, 0.29) is 11.9 Å². The zero-order valence-corrected chi connectivity index (χ0v) is 11.7. The molecule has 1 amide bonds. The van der Waals surface area contributed by atoms with Crippen LogP contribution in [0.15, 0.2) is 42.6 Å². The number of hydrogen-bond donors (Lipinski definition) is 2. The second-order valence-electron chi connectivity index (χ2n) is 4.86. The Labute approximate surface area is 118 Å². The first-order valence-electron chi connectivity index (χ1n) is 6.59. The van der Waals surface area contributed by atoms with Crippen molar-refractivity contribution in [1.29, 1.82) is 0 Å². The summed E-state index contributed by atoms with van der Waals surface area (Å²) in [6.45, 7) is 1.79. The summed E-state index contributed by atoms with van der Waals surface area (Å²) in [5.41, 5.74) is 1.52. The summed E-state index contributed by atoms with van der Waals surface area (Å²) in [4.78, 5) is 12.0. The lowest BCUT2D eigenvalue weighted by atomic mass is 10.0. The first kappa shape index (κ1) is 14.3. The van der Waals surface area contributed by atoms with Crippen LogP contribution in [-0.4, -0.2) is 32.9 Å². The third-order valence-corrected chi connectivity index (χ3v) is 3.28. The van der Waals surface area contributed by atoms with Gasteiger partial charge in [-0.3, -0.25) is 9.48 Å². The minimum absolute atomic E-state index is 0.232. The van der Waals surface area contributed by atoms with E-state index in [4.69, 9.17) is 0 Å². The number of aliphatic hydroxyl groups excluding tert-OH is 1. The fourth-order valence-electron chi connectivity index (χ4n) is 2.01. The molecular formula is C15H19N3O2. The highest BCUT2D eigenvalue weighted by molar-refractivity contribution is 5.92. The maximum absolute atomic E-state index is 12.0. The minimum atomic E-state index is -0.630. The van der Waals surface area contributed by atoms with Crippen LogP contribution in [0.3, 0.4) is 0 Å². The summed E-state index contributed by atoms with van der Waals surface area (Å²) in [6.07, 6.45) is 1.45. The van der Waals surface area contributed by atoms with E-state index < -0.39 is 6.10 Å². The Balaban J connectivity index is 1.93. The van der Waals surface area contributed by atoms with Gasteiger partial charge in [0.25, 0.3) is 5.91 Å². The predicted octanol–water partition coefficient (Wildman–Crippen LogP) is 1.14. The van der Waals surface area contributed by atoms with Crippen molar-refractivity contribution in [1.82, 2.24) is 15.1 Å². The largest absolute Gasteiger partial charge is 0.391 e. The number of nitrogens with one attached hydrogen (secondary N) is 1. The number of aliphatic hydroxyl groups is 1. The van der Waals surface area contributed by atoms with E-state index in [0.29, 0.717) is 12.1 Å². The Bertz CT molecular complexity index is 566. The predicted molar refractivity (Wildman–Crippen MR) is 76.3 cm³/mol. The number of hydrogen-bond acceptors (Lipinski definition) is 3. The zero-order valence-electron chi connectivity index (χ0n) is 11.7. The van der Waals surface area contributed by atoms with Crippen molar-refractivity contribution in [3.63, 3.8) is 0 Å². The molecule has 0 aliphatic heterocycles. The Kier molecular flexibility index (Phi) is 4.53. The number of carbonyl (C=O) groups is 1. The van der Waals surface area contributed by atoms with Crippen molar-refractivity contribution in [2.75, 3.05) is 0 Å². The smallest absolute Gasteiger partial charge is 0.269 e. The summed E-state index contributed by atoms with van der Waals surface area (Å²) >= 11 is 0. The third-order valence-electron chi connectivity index (χ3n) is 3.28. The Morgan fingerprint density at radius 1 is 1.35 bits per heavy atom. The molecule has 2 aromatic rings. The topological polar surface area (TPSA) is 67.2 Å². The number of benzene rings is 1. The Morgan fingerprint density at radius 2 is 2.05 bits per heavy atom. The van der Waals surface area contributed by atoms with Crippen LogP contribution in [0.5, 0.6) is 0 Å². The van der Waals surface area contributed by atoms with Crippen molar-refractivity contribution < 1.29 is 9.90 Å². The van der Waals surface area contributed by atoms with Crippen molar-refractivity contribution >= 4 is 5.91 Å². The van der Waals surface area contributed by atoms with Crippen molar-refractivity contribution in [2.45, 2.75) is 25.5 Å². The van der Waals surface area contributed by atoms with Gasteiger partial charge in [0.1, 0.15) is 5.69 Å². The molecule has 5 heteroatoms. The first-order chi connectivity index (χ1) is 9.58.